The topological polar surface area (TPSA) is 97.6 Å². The SMILES string of the molecule is CNC(=O)CNc1nc(Cl)nc(-n2ccnc2)n1. The van der Waals surface area contributed by atoms with E-state index < -0.39 is 0 Å². The second-order valence-corrected chi connectivity index (χ2v) is 3.56. The lowest BCUT2D eigenvalue weighted by Crippen LogP contribution is -2.27. The summed E-state index contributed by atoms with van der Waals surface area (Å²) in [5.41, 5.74) is 0. The van der Waals surface area contributed by atoms with Crippen molar-refractivity contribution in [2.45, 2.75) is 0 Å². The van der Waals surface area contributed by atoms with Gasteiger partial charge in [0.15, 0.2) is 0 Å². The highest BCUT2D eigenvalue weighted by atomic mass is 35.5. The van der Waals surface area contributed by atoms with E-state index >= 15 is 0 Å². The molecule has 1 amide bonds. The Bertz CT molecular complexity index is 542. The van der Waals surface area contributed by atoms with Crippen molar-refractivity contribution >= 4 is 23.5 Å². The summed E-state index contributed by atoms with van der Waals surface area (Å²) in [6, 6.07) is 0. The van der Waals surface area contributed by atoms with Gasteiger partial charge in [-0.2, -0.15) is 15.0 Å². The van der Waals surface area contributed by atoms with Crippen LogP contribution >= 0.6 is 11.6 Å². The maximum atomic E-state index is 11.1. The Hall–Kier alpha value is -2.22. The Morgan fingerprint density at radius 3 is 2.94 bits per heavy atom. The first-order chi connectivity index (χ1) is 8.69. The number of amides is 1. The molecule has 0 radical (unpaired) electrons. The van der Waals surface area contributed by atoms with E-state index in [4.69, 9.17) is 11.6 Å². The van der Waals surface area contributed by atoms with Gasteiger partial charge in [0.25, 0.3) is 0 Å². The summed E-state index contributed by atoms with van der Waals surface area (Å²) >= 11 is 5.78. The fraction of sp³-hybridized carbons (Fsp3) is 0.222. The number of hydrogen-bond acceptors (Lipinski definition) is 6. The largest absolute Gasteiger partial charge is 0.358 e. The fourth-order valence-electron chi connectivity index (χ4n) is 1.16. The van der Waals surface area contributed by atoms with Gasteiger partial charge >= 0.3 is 0 Å². The van der Waals surface area contributed by atoms with E-state index in [9.17, 15) is 4.79 Å². The zero-order valence-electron chi connectivity index (χ0n) is 9.46. The van der Waals surface area contributed by atoms with Crippen LogP contribution in [0.4, 0.5) is 5.95 Å². The molecule has 9 heteroatoms. The Morgan fingerprint density at radius 2 is 2.28 bits per heavy atom. The van der Waals surface area contributed by atoms with Gasteiger partial charge in [-0.1, -0.05) is 0 Å². The van der Waals surface area contributed by atoms with Gasteiger partial charge in [0.2, 0.25) is 23.1 Å². The van der Waals surface area contributed by atoms with E-state index in [0.717, 1.165) is 0 Å². The van der Waals surface area contributed by atoms with Gasteiger partial charge < -0.3 is 10.6 Å². The van der Waals surface area contributed by atoms with E-state index in [1.165, 1.54) is 6.33 Å². The van der Waals surface area contributed by atoms with Crippen molar-refractivity contribution in [3.63, 3.8) is 0 Å². The van der Waals surface area contributed by atoms with Crippen LogP contribution in [0.2, 0.25) is 5.28 Å². The van der Waals surface area contributed by atoms with Crippen LogP contribution in [0.1, 0.15) is 0 Å². The summed E-state index contributed by atoms with van der Waals surface area (Å²) in [5, 5.41) is 5.25. The maximum absolute atomic E-state index is 11.1. The first-order valence-corrected chi connectivity index (χ1v) is 5.41. The van der Waals surface area contributed by atoms with Crippen LogP contribution in [-0.4, -0.2) is 44.0 Å². The standard InChI is InChI=1S/C9H10ClN7O/c1-11-6(18)4-13-8-14-7(10)15-9(16-8)17-3-2-12-5-17/h2-3,5H,4H2,1H3,(H,11,18)(H,13,14,15,16). The highest BCUT2D eigenvalue weighted by Crippen LogP contribution is 2.08. The molecule has 0 fully saturated rings. The van der Waals surface area contributed by atoms with Gasteiger partial charge in [0, 0.05) is 19.4 Å². The molecule has 0 spiro atoms. The Kier molecular flexibility index (Phi) is 3.68. The third-order valence-corrected chi connectivity index (χ3v) is 2.19. The van der Waals surface area contributed by atoms with Crippen LogP contribution in [-0.2, 0) is 4.79 Å². The average molecular weight is 268 g/mol. The molecule has 2 aromatic heterocycles. The molecule has 0 aromatic carbocycles. The molecule has 0 saturated carbocycles. The number of anilines is 1. The lowest BCUT2D eigenvalue weighted by atomic mass is 10.6. The summed E-state index contributed by atoms with van der Waals surface area (Å²) < 4.78 is 1.58. The highest BCUT2D eigenvalue weighted by molar-refractivity contribution is 6.28. The lowest BCUT2D eigenvalue weighted by Gasteiger charge is -2.06. The van der Waals surface area contributed by atoms with Crippen molar-refractivity contribution in [2.24, 2.45) is 0 Å². The average Bonchev–Trinajstić information content (AvgIpc) is 2.89. The lowest BCUT2D eigenvalue weighted by molar-refractivity contribution is -0.118. The van der Waals surface area contributed by atoms with Crippen LogP contribution in [0, 0.1) is 0 Å². The number of likely N-dealkylation sites (N-methyl/N-ethyl adjacent to an activating group) is 1. The molecule has 8 nitrogen and oxygen atoms in total. The molecule has 94 valence electrons. The van der Waals surface area contributed by atoms with Gasteiger partial charge in [0.05, 0.1) is 6.54 Å². The van der Waals surface area contributed by atoms with E-state index in [0.29, 0.717) is 5.95 Å². The first-order valence-electron chi connectivity index (χ1n) is 5.03. The van der Waals surface area contributed by atoms with E-state index in [2.05, 4.69) is 30.6 Å². The van der Waals surface area contributed by atoms with Gasteiger partial charge in [-0.3, -0.25) is 9.36 Å². The Labute approximate surface area is 107 Å². The highest BCUT2D eigenvalue weighted by Gasteiger charge is 2.07. The monoisotopic (exact) mass is 267 g/mol. The van der Waals surface area contributed by atoms with Crippen molar-refractivity contribution in [2.75, 3.05) is 18.9 Å². The fourth-order valence-corrected chi connectivity index (χ4v) is 1.31. The van der Waals surface area contributed by atoms with Crippen LogP contribution in [0.15, 0.2) is 18.7 Å². The number of imidazole rings is 1. The normalized spacial score (nSPS) is 10.1. The van der Waals surface area contributed by atoms with Crippen LogP contribution in [0.25, 0.3) is 5.95 Å². The number of aromatic nitrogens is 5. The van der Waals surface area contributed by atoms with Gasteiger partial charge in [-0.05, 0) is 11.6 Å². The Morgan fingerprint density at radius 1 is 1.44 bits per heavy atom. The molecule has 0 unspecified atom stereocenters. The second-order valence-electron chi connectivity index (χ2n) is 3.22. The second kappa shape index (κ2) is 5.41. The quantitative estimate of drug-likeness (QED) is 0.801. The molecule has 0 saturated heterocycles. The molecule has 2 N–H and O–H groups in total. The first kappa shape index (κ1) is 12.2. The van der Waals surface area contributed by atoms with Crippen LogP contribution < -0.4 is 10.6 Å². The van der Waals surface area contributed by atoms with Crippen molar-refractivity contribution in [3.05, 3.63) is 24.0 Å². The van der Waals surface area contributed by atoms with E-state index in [1.54, 1.807) is 24.0 Å². The summed E-state index contributed by atoms with van der Waals surface area (Å²) in [7, 11) is 1.54. The molecule has 0 aliphatic carbocycles. The van der Waals surface area contributed by atoms with Crippen molar-refractivity contribution < 1.29 is 4.79 Å². The molecular weight excluding hydrogens is 258 g/mol. The molecule has 0 aliphatic heterocycles. The number of carbonyl (C=O) groups is 1. The molecule has 0 atom stereocenters. The maximum Gasteiger partial charge on any atom is 0.241 e. The smallest absolute Gasteiger partial charge is 0.241 e. The van der Waals surface area contributed by atoms with Crippen molar-refractivity contribution in [1.29, 1.82) is 0 Å². The number of hydrogen-bond donors (Lipinski definition) is 2. The molecule has 2 aromatic rings. The molecule has 0 aliphatic rings. The molecule has 2 heterocycles. The van der Waals surface area contributed by atoms with E-state index in [-0.39, 0.29) is 23.7 Å². The van der Waals surface area contributed by atoms with Crippen LogP contribution in [0.5, 0.6) is 0 Å². The molecular formula is C9H10ClN7O. The number of nitrogens with one attached hydrogen (secondary N) is 2. The zero-order chi connectivity index (χ0) is 13.0. The zero-order valence-corrected chi connectivity index (χ0v) is 10.2. The summed E-state index contributed by atoms with van der Waals surface area (Å²) in [4.78, 5) is 26.9. The summed E-state index contributed by atoms with van der Waals surface area (Å²) in [6.45, 7) is 0.0558. The summed E-state index contributed by atoms with van der Waals surface area (Å²) in [5.74, 6) is 0.366. The third-order valence-electron chi connectivity index (χ3n) is 2.02. The van der Waals surface area contributed by atoms with E-state index in [1.807, 2.05) is 0 Å². The van der Waals surface area contributed by atoms with Gasteiger partial charge in [0.1, 0.15) is 6.33 Å². The number of halogens is 1. The minimum Gasteiger partial charge on any atom is -0.358 e. The number of nitrogens with zero attached hydrogens (tertiary/aromatic N) is 5. The minimum absolute atomic E-state index is 0.0353. The van der Waals surface area contributed by atoms with Crippen molar-refractivity contribution in [3.8, 4) is 5.95 Å². The predicted octanol–water partition coefficient (Wildman–Crippen LogP) is -0.131. The molecule has 18 heavy (non-hydrogen) atoms. The van der Waals surface area contributed by atoms with Crippen LogP contribution in [0.3, 0.4) is 0 Å². The number of rotatable bonds is 4. The van der Waals surface area contributed by atoms with Crippen molar-refractivity contribution in [1.82, 2.24) is 29.8 Å². The van der Waals surface area contributed by atoms with Gasteiger partial charge in [-0.25, -0.2) is 4.98 Å². The minimum atomic E-state index is -0.185. The number of carbonyl (C=O) groups excluding carboxylic acids is 1. The Balaban J connectivity index is 2.19. The summed E-state index contributed by atoms with van der Waals surface area (Å²) in [6.07, 6.45) is 4.80. The third kappa shape index (κ3) is 2.92. The van der Waals surface area contributed by atoms with Gasteiger partial charge in [-0.15, -0.1) is 0 Å². The molecule has 0 bridgehead atoms. The predicted molar refractivity (Wildman–Crippen MR) is 64.5 cm³/mol. The molecule has 2 rings (SSSR count).